The Morgan fingerprint density at radius 3 is 2.79 bits per heavy atom. The zero-order valence-corrected chi connectivity index (χ0v) is 23.8. The van der Waals surface area contributed by atoms with E-state index >= 15 is 0 Å². The summed E-state index contributed by atoms with van der Waals surface area (Å²) in [4.78, 5) is 39.6. The Morgan fingerprint density at radius 2 is 1.98 bits per heavy atom. The van der Waals surface area contributed by atoms with Crippen LogP contribution in [0.3, 0.4) is 0 Å². The summed E-state index contributed by atoms with van der Waals surface area (Å²) >= 11 is 0. The van der Waals surface area contributed by atoms with E-state index in [4.69, 9.17) is 14.5 Å². The van der Waals surface area contributed by atoms with Crippen molar-refractivity contribution in [2.45, 2.75) is 44.8 Å². The molecule has 0 unspecified atom stereocenters. The molecule has 1 saturated carbocycles. The van der Waals surface area contributed by atoms with E-state index in [1.54, 1.807) is 6.20 Å². The lowest BCUT2D eigenvalue weighted by Crippen LogP contribution is -2.67. The zero-order chi connectivity index (χ0) is 28.7. The molecular formula is C32H36N6O4. The molecule has 1 aliphatic carbocycles. The van der Waals surface area contributed by atoms with Crippen molar-refractivity contribution < 1.29 is 19.1 Å². The number of pyridine rings is 2. The van der Waals surface area contributed by atoms with Crippen LogP contribution in [0.2, 0.25) is 0 Å². The first kappa shape index (κ1) is 26.7. The third-order valence-electron chi connectivity index (χ3n) is 8.85. The number of para-hydroxylation sites is 1. The Hall–Kier alpha value is -4.18. The first-order valence-corrected chi connectivity index (χ1v) is 14.9. The Morgan fingerprint density at radius 1 is 1.12 bits per heavy atom. The molecule has 1 atom stereocenters. The molecule has 0 radical (unpaired) electrons. The number of aromatic nitrogens is 2. The first-order valence-electron chi connectivity index (χ1n) is 14.9. The summed E-state index contributed by atoms with van der Waals surface area (Å²) in [7, 11) is 0. The highest BCUT2D eigenvalue weighted by molar-refractivity contribution is 5.96. The van der Waals surface area contributed by atoms with Gasteiger partial charge >= 0.3 is 6.03 Å². The fourth-order valence-corrected chi connectivity index (χ4v) is 6.76. The Balaban J connectivity index is 1.03. The standard InChI is InChI=1S/C32H36N6O4/c1-2-41-30-24(7-5-13-34-30)25-9-10-27(28(36-25)29(39)35-22-11-14-33-18-22)42-23-16-32(17-23)19-37(20-32)31(40)38-15-12-21-6-3-4-8-26(21)38/h3-10,13,22-23,33H,2,11-12,14-20H2,1H3,(H,35,39)/t22-/m1/s1. The quantitative estimate of drug-likeness (QED) is 0.448. The van der Waals surface area contributed by atoms with Gasteiger partial charge in [0.05, 0.1) is 17.9 Å². The fourth-order valence-electron chi connectivity index (χ4n) is 6.76. The number of rotatable bonds is 7. The molecule has 3 amide bonds. The maximum atomic E-state index is 13.5. The summed E-state index contributed by atoms with van der Waals surface area (Å²) in [5.41, 5.74) is 3.96. The second kappa shape index (κ2) is 10.9. The molecule has 3 aromatic rings. The van der Waals surface area contributed by atoms with Crippen molar-refractivity contribution in [3.63, 3.8) is 0 Å². The fraction of sp³-hybridized carbons (Fsp3) is 0.438. The highest BCUT2D eigenvalue weighted by atomic mass is 16.5. The van der Waals surface area contributed by atoms with E-state index in [1.165, 1.54) is 5.56 Å². The van der Waals surface area contributed by atoms with Gasteiger partial charge in [-0.25, -0.2) is 14.8 Å². The van der Waals surface area contributed by atoms with E-state index in [1.807, 2.05) is 59.2 Å². The van der Waals surface area contributed by atoms with Gasteiger partial charge in [0.15, 0.2) is 11.4 Å². The van der Waals surface area contributed by atoms with Crippen molar-refractivity contribution in [2.75, 3.05) is 44.2 Å². The highest BCUT2D eigenvalue weighted by Crippen LogP contribution is 2.50. The monoisotopic (exact) mass is 568 g/mol. The maximum absolute atomic E-state index is 13.5. The van der Waals surface area contributed by atoms with Gasteiger partial charge in [0.25, 0.3) is 5.91 Å². The van der Waals surface area contributed by atoms with Gasteiger partial charge in [-0.3, -0.25) is 9.69 Å². The molecule has 2 aromatic heterocycles. The molecule has 0 bridgehead atoms. The Bertz CT molecular complexity index is 1490. The van der Waals surface area contributed by atoms with E-state index in [0.717, 1.165) is 69.7 Å². The van der Waals surface area contributed by atoms with Crippen LogP contribution in [0.25, 0.3) is 11.3 Å². The van der Waals surface area contributed by atoms with Crippen LogP contribution in [0, 0.1) is 5.41 Å². The highest BCUT2D eigenvalue weighted by Gasteiger charge is 2.55. The number of anilines is 1. The van der Waals surface area contributed by atoms with E-state index in [2.05, 4.69) is 21.7 Å². The minimum absolute atomic E-state index is 0.0283. The second-order valence-corrected chi connectivity index (χ2v) is 11.8. The number of fused-ring (bicyclic) bond motifs is 1. The predicted octanol–water partition coefficient (Wildman–Crippen LogP) is 3.66. The van der Waals surface area contributed by atoms with Gasteiger partial charge in [-0.15, -0.1) is 0 Å². The normalized spacial score (nSPS) is 20.5. The van der Waals surface area contributed by atoms with Crippen molar-refractivity contribution >= 4 is 17.6 Å². The molecular weight excluding hydrogens is 532 g/mol. The van der Waals surface area contributed by atoms with Crippen LogP contribution in [-0.4, -0.2) is 78.3 Å². The third kappa shape index (κ3) is 4.93. The third-order valence-corrected chi connectivity index (χ3v) is 8.85. The minimum atomic E-state index is -0.247. The molecule has 3 aliphatic heterocycles. The number of nitrogens with one attached hydrogen (secondary N) is 2. The molecule has 10 nitrogen and oxygen atoms in total. The number of nitrogens with zero attached hydrogens (tertiary/aromatic N) is 4. The smallest absolute Gasteiger partial charge is 0.324 e. The summed E-state index contributed by atoms with van der Waals surface area (Å²) in [6, 6.07) is 15.7. The summed E-state index contributed by atoms with van der Waals surface area (Å²) in [6.07, 6.45) is 5.13. The molecule has 1 spiro atoms. The zero-order valence-electron chi connectivity index (χ0n) is 23.8. The average molecular weight is 569 g/mol. The van der Waals surface area contributed by atoms with Crippen LogP contribution in [0.4, 0.5) is 10.5 Å². The molecule has 3 fully saturated rings. The van der Waals surface area contributed by atoms with E-state index in [0.29, 0.717) is 23.9 Å². The van der Waals surface area contributed by atoms with Gasteiger partial charge in [-0.2, -0.15) is 0 Å². The number of benzene rings is 1. The first-order chi connectivity index (χ1) is 20.5. The number of urea groups is 1. The number of ether oxygens (including phenoxy) is 2. The lowest BCUT2D eigenvalue weighted by atomic mass is 9.62. The second-order valence-electron chi connectivity index (χ2n) is 11.8. The molecule has 2 saturated heterocycles. The van der Waals surface area contributed by atoms with Crippen LogP contribution < -0.4 is 25.0 Å². The van der Waals surface area contributed by atoms with Crippen molar-refractivity contribution in [3.8, 4) is 22.9 Å². The maximum Gasteiger partial charge on any atom is 0.324 e. The summed E-state index contributed by atoms with van der Waals surface area (Å²) in [5.74, 6) is 0.711. The van der Waals surface area contributed by atoms with Gasteiger partial charge in [0.2, 0.25) is 5.88 Å². The predicted molar refractivity (Wildman–Crippen MR) is 158 cm³/mol. The number of hydrogen-bond donors (Lipinski definition) is 2. The van der Waals surface area contributed by atoms with Crippen LogP contribution in [-0.2, 0) is 6.42 Å². The Kier molecular flexibility index (Phi) is 6.93. The van der Waals surface area contributed by atoms with Crippen LogP contribution >= 0.6 is 0 Å². The van der Waals surface area contributed by atoms with Crippen LogP contribution in [0.5, 0.6) is 11.6 Å². The van der Waals surface area contributed by atoms with Gasteiger partial charge in [0, 0.05) is 49.5 Å². The lowest BCUT2D eigenvalue weighted by Gasteiger charge is -2.58. The SMILES string of the molecule is CCOc1ncccc1-c1ccc(OC2CC3(C2)CN(C(=O)N2CCc4ccccc42)C3)c(C(=O)N[C@@H]2CCNC2)n1. The van der Waals surface area contributed by atoms with Crippen molar-refractivity contribution in [2.24, 2.45) is 5.41 Å². The van der Waals surface area contributed by atoms with Crippen LogP contribution in [0.1, 0.15) is 42.2 Å². The van der Waals surface area contributed by atoms with Crippen LogP contribution in [0.15, 0.2) is 54.7 Å². The number of likely N-dealkylation sites (tertiary alicyclic amines) is 1. The van der Waals surface area contributed by atoms with E-state index in [9.17, 15) is 9.59 Å². The molecule has 1 aromatic carbocycles. The van der Waals surface area contributed by atoms with Gasteiger partial charge in [-0.1, -0.05) is 18.2 Å². The van der Waals surface area contributed by atoms with Gasteiger partial charge in [-0.05, 0) is 75.0 Å². The largest absolute Gasteiger partial charge is 0.488 e. The van der Waals surface area contributed by atoms with Crippen molar-refractivity contribution in [1.29, 1.82) is 0 Å². The molecule has 2 N–H and O–H groups in total. The average Bonchev–Trinajstić information content (AvgIpc) is 3.64. The Labute approximate surface area is 245 Å². The number of hydrogen-bond acceptors (Lipinski definition) is 7. The molecule has 4 aliphatic rings. The molecule has 7 rings (SSSR count). The molecule has 42 heavy (non-hydrogen) atoms. The van der Waals surface area contributed by atoms with Gasteiger partial charge < -0.3 is 25.0 Å². The van der Waals surface area contributed by atoms with Gasteiger partial charge in [0.1, 0.15) is 6.10 Å². The molecule has 10 heteroatoms. The number of carbonyl (C=O) groups excluding carboxylic acids is 2. The van der Waals surface area contributed by atoms with E-state index in [-0.39, 0.29) is 35.2 Å². The topological polar surface area (TPSA) is 109 Å². The number of carbonyl (C=O) groups is 2. The summed E-state index contributed by atoms with van der Waals surface area (Å²) in [5, 5.41) is 6.40. The van der Waals surface area contributed by atoms with Crippen molar-refractivity contribution in [3.05, 3.63) is 66.0 Å². The minimum Gasteiger partial charge on any atom is -0.488 e. The van der Waals surface area contributed by atoms with E-state index < -0.39 is 0 Å². The molecule has 5 heterocycles. The summed E-state index contributed by atoms with van der Waals surface area (Å²) < 4.78 is 12.1. The lowest BCUT2D eigenvalue weighted by molar-refractivity contribution is -0.0992. The van der Waals surface area contributed by atoms with Crippen molar-refractivity contribution in [1.82, 2.24) is 25.5 Å². The molecule has 218 valence electrons. The summed E-state index contributed by atoms with van der Waals surface area (Å²) in [6.45, 7) is 6.22. The number of amides is 3.